The van der Waals surface area contributed by atoms with E-state index in [1.807, 2.05) is 20.8 Å². The minimum atomic E-state index is -1.75. The number of aliphatic imine (C=N–C) groups is 1. The van der Waals surface area contributed by atoms with Crippen molar-refractivity contribution in [2.75, 3.05) is 5.32 Å². The van der Waals surface area contributed by atoms with Crippen LogP contribution in [-0.2, 0) is 9.47 Å². The molecule has 2 unspecified atom stereocenters. The highest BCUT2D eigenvalue weighted by Gasteiger charge is 2.54. The fourth-order valence-electron chi connectivity index (χ4n) is 5.73. The second kappa shape index (κ2) is 17.9. The number of benzene rings is 2. The van der Waals surface area contributed by atoms with Gasteiger partial charge in [0.2, 0.25) is 0 Å². The summed E-state index contributed by atoms with van der Waals surface area (Å²) in [4.78, 5) is 46.0. The lowest BCUT2D eigenvalue weighted by molar-refractivity contribution is -0.0678. The number of nitrogens with one attached hydrogen (secondary N) is 3. The molecular weight excluding hydrogens is 706 g/mol. The molecule has 3 N–H and O–H groups in total. The van der Waals surface area contributed by atoms with Gasteiger partial charge < -0.3 is 30.0 Å². The molecule has 2 fully saturated rings. The van der Waals surface area contributed by atoms with Crippen LogP contribution in [0.5, 0.6) is 0 Å². The van der Waals surface area contributed by atoms with Gasteiger partial charge in [-0.3, -0.25) is 9.59 Å². The Morgan fingerprint density at radius 1 is 0.943 bits per heavy atom. The van der Waals surface area contributed by atoms with Crippen molar-refractivity contribution >= 4 is 35.1 Å². The molecule has 8 atom stereocenters. The summed E-state index contributed by atoms with van der Waals surface area (Å²) in [5.41, 5.74) is -3.90. The van der Waals surface area contributed by atoms with E-state index in [2.05, 4.69) is 32.2 Å². The molecule has 0 saturated carbocycles. The first-order valence-corrected chi connectivity index (χ1v) is 17.6. The highest BCUT2D eigenvalue weighted by Crippen LogP contribution is 2.44. The fraction of sp³-hybridized carbons (Fsp3) is 0.410. The number of amides is 2. The molecule has 0 bridgehead atoms. The minimum absolute atomic E-state index is 0.0208. The molecule has 0 aliphatic carbocycles. The van der Waals surface area contributed by atoms with Crippen LogP contribution in [0.2, 0.25) is 0 Å². The molecule has 14 heteroatoms. The van der Waals surface area contributed by atoms with Crippen LogP contribution in [-0.4, -0.2) is 67.9 Å². The summed E-state index contributed by atoms with van der Waals surface area (Å²) >= 11 is 5.67. The summed E-state index contributed by atoms with van der Waals surface area (Å²) in [5, 5.41) is 4.86. The molecule has 1 aromatic heterocycles. The van der Waals surface area contributed by atoms with E-state index in [9.17, 15) is 18.8 Å². The molecule has 2 aromatic carbocycles. The molecule has 2 saturated heterocycles. The molecule has 0 spiro atoms. The second-order valence-electron chi connectivity index (χ2n) is 13.0. The van der Waals surface area contributed by atoms with Gasteiger partial charge in [-0.15, -0.1) is 0 Å². The minimum Gasteiger partial charge on any atom is -0.355 e. The van der Waals surface area contributed by atoms with Crippen LogP contribution in [0.1, 0.15) is 80.6 Å². The smallest absolute Gasteiger partial charge is 0.346 e. The average molecular weight is 757 g/mol. The molecule has 2 amide bonds. The topological polar surface area (TPSA) is 138 Å². The molecule has 53 heavy (non-hydrogen) atoms. The Labute approximate surface area is 319 Å². The van der Waals surface area contributed by atoms with Gasteiger partial charge in [0.15, 0.2) is 23.1 Å². The molecule has 0 radical (unpaired) electrons. The number of H-pyrrole nitrogens is 1. The molecule has 3 aliphatic rings. The first kappa shape index (κ1) is 35.3. The lowest BCUT2D eigenvalue weighted by atomic mass is 9.88. The molecule has 4 heterocycles. The van der Waals surface area contributed by atoms with Gasteiger partial charge in [-0.1, -0.05) is 82.3 Å². The highest BCUT2D eigenvalue weighted by atomic mass is 35.5. The maximum Gasteiger partial charge on any atom is 0.346 e. The van der Waals surface area contributed by atoms with Crippen molar-refractivity contribution in [2.45, 2.75) is 89.7 Å². The van der Waals surface area contributed by atoms with E-state index < -0.39 is 46.8 Å². The number of ether oxygens (including phenoxy) is 2. The second-order valence-corrected chi connectivity index (χ2v) is 13.4. The SMILES string of the molecule is CC[C@H]1OC(Cl)[C@](C)(F)[C@@H]1C.[2H]C1=C([2H])N([C@@H]2O[C@H](CC)C(C)[C@]2(C)F)C(=C)N=C1NC(=O)c1ccccc1.[2H]c1[nH]c(=O)nc(NC(=O)c2ccccc2)c1[2H]. The van der Waals surface area contributed by atoms with Crippen LogP contribution in [0.3, 0.4) is 0 Å². The van der Waals surface area contributed by atoms with Crippen molar-refractivity contribution in [3.05, 3.63) is 119 Å². The zero-order chi connectivity index (χ0) is 42.4. The van der Waals surface area contributed by atoms with Gasteiger partial charge in [0.1, 0.15) is 17.5 Å². The van der Waals surface area contributed by atoms with Gasteiger partial charge in [0.05, 0.1) is 17.7 Å². The lowest BCUT2D eigenvalue weighted by Gasteiger charge is -2.35. The van der Waals surface area contributed by atoms with Crippen molar-refractivity contribution in [2.24, 2.45) is 16.8 Å². The van der Waals surface area contributed by atoms with Crippen molar-refractivity contribution in [1.29, 1.82) is 0 Å². The maximum atomic E-state index is 15.4. The van der Waals surface area contributed by atoms with E-state index in [-0.39, 0.29) is 59.8 Å². The maximum absolute atomic E-state index is 15.4. The largest absolute Gasteiger partial charge is 0.355 e. The van der Waals surface area contributed by atoms with E-state index in [1.165, 1.54) is 18.7 Å². The number of nitrogens with zero attached hydrogens (tertiary/aromatic N) is 3. The Kier molecular flexibility index (Phi) is 11.9. The molecule has 6 rings (SSSR count). The predicted octanol–water partition coefficient (Wildman–Crippen LogP) is 7.36. The first-order chi connectivity index (χ1) is 26.8. The van der Waals surface area contributed by atoms with E-state index in [1.54, 1.807) is 67.6 Å². The third-order valence-electron chi connectivity index (χ3n) is 9.37. The number of amidine groups is 1. The van der Waals surface area contributed by atoms with Crippen molar-refractivity contribution in [3.8, 4) is 0 Å². The quantitative estimate of drug-likeness (QED) is 0.224. The van der Waals surface area contributed by atoms with Crippen molar-refractivity contribution < 1.29 is 33.3 Å². The van der Waals surface area contributed by atoms with E-state index in [4.69, 9.17) is 26.6 Å². The van der Waals surface area contributed by atoms with Crippen molar-refractivity contribution in [1.82, 2.24) is 20.2 Å². The Hall–Kier alpha value is -4.72. The monoisotopic (exact) mass is 756 g/mol. The Morgan fingerprint density at radius 2 is 1.47 bits per heavy atom. The van der Waals surface area contributed by atoms with Crippen LogP contribution in [0.25, 0.3) is 0 Å². The highest BCUT2D eigenvalue weighted by molar-refractivity contribution is 6.20. The van der Waals surface area contributed by atoms with Crippen LogP contribution in [0, 0.1) is 11.8 Å². The summed E-state index contributed by atoms with van der Waals surface area (Å²) in [6.45, 7) is 14.2. The van der Waals surface area contributed by atoms with Crippen molar-refractivity contribution in [3.63, 3.8) is 0 Å². The first-order valence-electron chi connectivity index (χ1n) is 19.1. The van der Waals surface area contributed by atoms with E-state index in [0.717, 1.165) is 6.42 Å². The molecule has 11 nitrogen and oxygen atoms in total. The fourth-order valence-corrected chi connectivity index (χ4v) is 6.06. The molecular formula is C39H47ClF2N6O5. The normalized spacial score (nSPS) is 30.3. The summed E-state index contributed by atoms with van der Waals surface area (Å²) in [5.74, 6) is -1.71. The standard InChI is InChI=1S/C20H24FN3O2.C11H9N3O2.C8H14ClFO/c1-5-16-13(2)20(4,21)19(26-16)24-12-11-17(22-14(24)3)23-18(25)15-9-7-6-8-10-15;15-10(8-4-2-1-3-5-8)13-9-6-7-12-11(16)14-9;1-4-6-5(2)8(3,10)7(9)11-6/h6-13,16,19H,3,5H2,1-2,4H3,(H,22,23,25);1-7H,(H2,12,13,14,15,16);5-7H,4H2,1-3H3/t13?,16-,19-,20+;;5-,6-,7?,8-/m1.1/s1/i11D,12D;6D,7D;. The van der Waals surface area contributed by atoms with Gasteiger partial charge in [-0.25, -0.2) is 18.6 Å². The van der Waals surface area contributed by atoms with Crippen LogP contribution >= 0.6 is 11.6 Å². The van der Waals surface area contributed by atoms with Crippen LogP contribution in [0.15, 0.2) is 107 Å². The Balaban J connectivity index is 0.000000211. The number of carbonyl (C=O) groups is 2. The number of anilines is 1. The summed E-state index contributed by atoms with van der Waals surface area (Å²) in [6.07, 6.45) is -0.693. The zero-order valence-corrected chi connectivity index (χ0v) is 31.1. The molecule has 3 aliphatic heterocycles. The summed E-state index contributed by atoms with van der Waals surface area (Å²) < 4.78 is 71.5. The number of hydrogen-bond donors (Lipinski definition) is 3. The number of halogens is 3. The van der Waals surface area contributed by atoms with Crippen LogP contribution in [0.4, 0.5) is 14.6 Å². The van der Waals surface area contributed by atoms with Gasteiger partial charge in [0, 0.05) is 35.3 Å². The predicted molar refractivity (Wildman–Crippen MR) is 202 cm³/mol. The number of carbonyl (C=O) groups excluding carboxylic acids is 2. The van der Waals surface area contributed by atoms with Crippen LogP contribution < -0.4 is 16.3 Å². The Bertz CT molecular complexity index is 2060. The van der Waals surface area contributed by atoms with E-state index in [0.29, 0.717) is 17.5 Å². The molecule has 3 aromatic rings. The number of aromatic nitrogens is 2. The average Bonchev–Trinajstić information content (AvgIpc) is 3.53. The number of aromatic amines is 1. The number of rotatable bonds is 6. The zero-order valence-electron chi connectivity index (χ0n) is 34.4. The van der Waals surface area contributed by atoms with Gasteiger partial charge in [-0.2, -0.15) is 4.98 Å². The summed E-state index contributed by atoms with van der Waals surface area (Å²) in [7, 11) is 0. The van der Waals surface area contributed by atoms with E-state index >= 15 is 4.39 Å². The third kappa shape index (κ3) is 10.0. The number of alkyl halides is 3. The Morgan fingerprint density at radius 3 is 1.96 bits per heavy atom. The lowest BCUT2D eigenvalue weighted by Crippen LogP contribution is -2.46. The van der Waals surface area contributed by atoms with Gasteiger partial charge >= 0.3 is 5.69 Å². The molecule has 284 valence electrons. The third-order valence-corrected chi connectivity index (χ3v) is 9.90. The summed E-state index contributed by atoms with van der Waals surface area (Å²) in [6, 6.07) is 16.1. The van der Waals surface area contributed by atoms with Gasteiger partial charge in [-0.05, 0) is 63.0 Å². The van der Waals surface area contributed by atoms with Gasteiger partial charge in [0.25, 0.3) is 11.8 Å². The number of hydrogen-bond acceptors (Lipinski definition) is 8.